The summed E-state index contributed by atoms with van der Waals surface area (Å²) in [4.78, 5) is 2.48. The molecule has 2 aliphatic rings. The van der Waals surface area contributed by atoms with E-state index in [4.69, 9.17) is 4.74 Å². The highest BCUT2D eigenvalue weighted by molar-refractivity contribution is 5.56. The van der Waals surface area contributed by atoms with Crippen molar-refractivity contribution in [3.8, 4) is 0 Å². The lowest BCUT2D eigenvalue weighted by Crippen LogP contribution is -2.59. The van der Waals surface area contributed by atoms with Crippen LogP contribution in [0.3, 0.4) is 0 Å². The number of fused-ring (bicyclic) bond motifs is 1. The van der Waals surface area contributed by atoms with Gasteiger partial charge in [0, 0.05) is 31.9 Å². The Bertz CT molecular complexity index is 454. The zero-order chi connectivity index (χ0) is 13.3. The molecule has 1 fully saturated rings. The fourth-order valence-electron chi connectivity index (χ4n) is 3.02. The molecule has 0 radical (unpaired) electrons. The average molecular weight is 260 g/mol. The molecule has 0 aliphatic carbocycles. The summed E-state index contributed by atoms with van der Waals surface area (Å²) in [5.74, 6) is 0. The Morgan fingerprint density at radius 3 is 2.95 bits per heavy atom. The lowest BCUT2D eigenvalue weighted by Gasteiger charge is -2.40. The molecule has 0 aromatic heterocycles. The molecule has 3 rings (SSSR count). The third kappa shape index (κ3) is 2.77. The van der Waals surface area contributed by atoms with Gasteiger partial charge in [-0.05, 0) is 38.3 Å². The average Bonchev–Trinajstić information content (AvgIpc) is 2.36. The molecule has 0 atom stereocenters. The van der Waals surface area contributed by atoms with Crippen LogP contribution in [0.25, 0.3) is 0 Å². The molecule has 1 aromatic carbocycles. The van der Waals surface area contributed by atoms with Crippen LogP contribution in [0, 0.1) is 6.92 Å². The molecule has 0 unspecified atom stereocenters. The summed E-state index contributed by atoms with van der Waals surface area (Å²) in [6, 6.07) is 6.82. The van der Waals surface area contributed by atoms with Crippen LogP contribution in [0.2, 0.25) is 0 Å². The molecule has 0 saturated carbocycles. The number of hydrogen-bond acceptors (Lipinski definition) is 3. The zero-order valence-electron chi connectivity index (χ0n) is 12.0. The van der Waals surface area contributed by atoms with Crippen LogP contribution in [-0.2, 0) is 11.2 Å². The van der Waals surface area contributed by atoms with Crippen LogP contribution < -0.4 is 10.2 Å². The monoisotopic (exact) mass is 260 g/mol. The van der Waals surface area contributed by atoms with E-state index >= 15 is 0 Å². The molecule has 19 heavy (non-hydrogen) atoms. The summed E-state index contributed by atoms with van der Waals surface area (Å²) in [6.07, 6.45) is 2.48. The molecule has 2 heterocycles. The Hall–Kier alpha value is -1.06. The maximum absolute atomic E-state index is 6.00. The first-order chi connectivity index (χ1) is 9.16. The number of hydrogen-bond donors (Lipinski definition) is 1. The van der Waals surface area contributed by atoms with Gasteiger partial charge >= 0.3 is 0 Å². The third-order valence-electron chi connectivity index (χ3n) is 4.26. The second-order valence-corrected chi connectivity index (χ2v) is 6.12. The molecular formula is C16H24N2O. The Morgan fingerprint density at radius 2 is 2.21 bits per heavy atom. The van der Waals surface area contributed by atoms with Gasteiger partial charge < -0.3 is 15.0 Å². The minimum absolute atomic E-state index is 0.0753. The maximum atomic E-state index is 6.00. The molecule has 0 spiro atoms. The highest BCUT2D eigenvalue weighted by Gasteiger charge is 2.32. The van der Waals surface area contributed by atoms with E-state index in [0.29, 0.717) is 0 Å². The summed E-state index contributed by atoms with van der Waals surface area (Å²) in [5.41, 5.74) is 4.36. The van der Waals surface area contributed by atoms with Crippen LogP contribution >= 0.6 is 0 Å². The molecular weight excluding hydrogens is 236 g/mol. The maximum Gasteiger partial charge on any atom is 0.0902 e. The van der Waals surface area contributed by atoms with E-state index < -0.39 is 0 Å². The van der Waals surface area contributed by atoms with Gasteiger partial charge in [0.05, 0.1) is 12.2 Å². The number of benzene rings is 1. The van der Waals surface area contributed by atoms with Crippen LogP contribution in [0.5, 0.6) is 0 Å². The van der Waals surface area contributed by atoms with Crippen molar-refractivity contribution in [2.24, 2.45) is 0 Å². The van der Waals surface area contributed by atoms with Crippen LogP contribution in [-0.4, -0.2) is 38.4 Å². The van der Waals surface area contributed by atoms with Gasteiger partial charge in [-0.2, -0.15) is 0 Å². The molecule has 104 valence electrons. The van der Waals surface area contributed by atoms with Crippen molar-refractivity contribution < 1.29 is 4.74 Å². The van der Waals surface area contributed by atoms with E-state index in [-0.39, 0.29) is 5.60 Å². The van der Waals surface area contributed by atoms with Crippen molar-refractivity contribution in [2.45, 2.75) is 32.3 Å². The van der Waals surface area contributed by atoms with Crippen molar-refractivity contribution in [3.63, 3.8) is 0 Å². The SMILES string of the molecule is Cc1ccc2c(c1)CCCN2CCOC1(C)CNC1. The van der Waals surface area contributed by atoms with Gasteiger partial charge in [-0.3, -0.25) is 0 Å². The minimum Gasteiger partial charge on any atom is -0.371 e. The molecule has 1 saturated heterocycles. The first-order valence-electron chi connectivity index (χ1n) is 7.35. The number of aryl methyl sites for hydroxylation is 2. The van der Waals surface area contributed by atoms with Crippen molar-refractivity contribution in [1.29, 1.82) is 0 Å². The first kappa shape index (κ1) is 12.9. The fraction of sp³-hybridized carbons (Fsp3) is 0.625. The van der Waals surface area contributed by atoms with E-state index in [0.717, 1.165) is 32.8 Å². The van der Waals surface area contributed by atoms with Gasteiger partial charge in [0.2, 0.25) is 0 Å². The normalized spacial score (nSPS) is 20.8. The number of nitrogens with one attached hydrogen (secondary N) is 1. The summed E-state index contributed by atoms with van der Waals surface area (Å²) >= 11 is 0. The lowest BCUT2D eigenvalue weighted by atomic mass is 9.99. The summed E-state index contributed by atoms with van der Waals surface area (Å²) < 4.78 is 6.00. The smallest absolute Gasteiger partial charge is 0.0902 e. The molecule has 0 amide bonds. The topological polar surface area (TPSA) is 24.5 Å². The number of ether oxygens (including phenoxy) is 1. The van der Waals surface area contributed by atoms with Crippen LogP contribution in [0.1, 0.15) is 24.5 Å². The Balaban J connectivity index is 1.60. The van der Waals surface area contributed by atoms with E-state index in [1.807, 2.05) is 0 Å². The second-order valence-electron chi connectivity index (χ2n) is 6.12. The summed E-state index contributed by atoms with van der Waals surface area (Å²) in [7, 11) is 0. The van der Waals surface area contributed by atoms with Crippen LogP contribution in [0.15, 0.2) is 18.2 Å². The highest BCUT2D eigenvalue weighted by atomic mass is 16.5. The van der Waals surface area contributed by atoms with E-state index in [1.165, 1.54) is 29.7 Å². The predicted molar refractivity (Wildman–Crippen MR) is 78.9 cm³/mol. The Morgan fingerprint density at radius 1 is 1.37 bits per heavy atom. The summed E-state index contributed by atoms with van der Waals surface area (Å²) in [5, 5.41) is 3.27. The first-order valence-corrected chi connectivity index (χ1v) is 7.35. The van der Waals surface area contributed by atoms with E-state index in [9.17, 15) is 0 Å². The van der Waals surface area contributed by atoms with Gasteiger partial charge in [0.25, 0.3) is 0 Å². The standard InChI is InChI=1S/C16H24N2O/c1-13-5-6-15-14(10-13)4-3-7-18(15)8-9-19-16(2)11-17-12-16/h5-6,10,17H,3-4,7-9,11-12H2,1-2H3. The van der Waals surface area contributed by atoms with Gasteiger partial charge in [0.1, 0.15) is 0 Å². The highest BCUT2D eigenvalue weighted by Crippen LogP contribution is 2.27. The van der Waals surface area contributed by atoms with Crippen molar-refractivity contribution in [1.82, 2.24) is 5.32 Å². The lowest BCUT2D eigenvalue weighted by molar-refractivity contribution is -0.0634. The van der Waals surface area contributed by atoms with Crippen LogP contribution in [0.4, 0.5) is 5.69 Å². The Kier molecular flexibility index (Phi) is 3.50. The molecule has 1 aromatic rings. The van der Waals surface area contributed by atoms with Gasteiger partial charge in [-0.15, -0.1) is 0 Å². The third-order valence-corrected chi connectivity index (χ3v) is 4.26. The second kappa shape index (κ2) is 5.14. The van der Waals surface area contributed by atoms with Gasteiger partial charge in [-0.25, -0.2) is 0 Å². The van der Waals surface area contributed by atoms with Gasteiger partial charge in [-0.1, -0.05) is 17.7 Å². The zero-order valence-corrected chi connectivity index (χ0v) is 12.0. The van der Waals surface area contributed by atoms with E-state index in [2.05, 4.69) is 42.3 Å². The molecule has 0 bridgehead atoms. The quantitative estimate of drug-likeness (QED) is 0.897. The van der Waals surface area contributed by atoms with Crippen molar-refractivity contribution in [2.75, 3.05) is 37.7 Å². The van der Waals surface area contributed by atoms with Crippen molar-refractivity contribution >= 4 is 5.69 Å². The number of anilines is 1. The molecule has 3 heteroatoms. The minimum atomic E-state index is 0.0753. The number of rotatable bonds is 4. The molecule has 3 nitrogen and oxygen atoms in total. The number of nitrogens with zero attached hydrogens (tertiary/aromatic N) is 1. The molecule has 2 aliphatic heterocycles. The molecule has 1 N–H and O–H groups in total. The van der Waals surface area contributed by atoms with E-state index in [1.54, 1.807) is 0 Å². The summed E-state index contributed by atoms with van der Waals surface area (Å²) in [6.45, 7) is 9.33. The Labute approximate surface area is 115 Å². The van der Waals surface area contributed by atoms with Gasteiger partial charge in [0.15, 0.2) is 0 Å². The largest absolute Gasteiger partial charge is 0.371 e. The predicted octanol–water partition coefficient (Wildman–Crippen LogP) is 2.13. The fourth-order valence-corrected chi connectivity index (χ4v) is 3.02. The van der Waals surface area contributed by atoms with Crippen molar-refractivity contribution in [3.05, 3.63) is 29.3 Å².